The first-order chi connectivity index (χ1) is 11.5. The van der Waals surface area contributed by atoms with Gasteiger partial charge in [0, 0.05) is 12.1 Å². The molecule has 2 aromatic carbocycles. The maximum absolute atomic E-state index is 12.1. The van der Waals surface area contributed by atoms with Gasteiger partial charge in [0.2, 0.25) is 0 Å². The summed E-state index contributed by atoms with van der Waals surface area (Å²) < 4.78 is 15.5. The normalized spacial score (nSPS) is 10.1. The van der Waals surface area contributed by atoms with Crippen LogP contribution in [0.3, 0.4) is 0 Å². The summed E-state index contributed by atoms with van der Waals surface area (Å²) in [5.41, 5.74) is 0.554. The molecule has 0 unspecified atom stereocenters. The summed E-state index contributed by atoms with van der Waals surface area (Å²) in [6.45, 7) is -0.00744. The number of non-ortho nitro benzene ring substituents is 1. The van der Waals surface area contributed by atoms with Crippen molar-refractivity contribution in [2.24, 2.45) is 0 Å². The first-order valence-corrected chi connectivity index (χ1v) is 7.16. The van der Waals surface area contributed by atoms with E-state index in [9.17, 15) is 14.9 Å². The molecule has 0 fully saturated rings. The van der Waals surface area contributed by atoms with Crippen LogP contribution >= 0.6 is 11.6 Å². The molecular weight excluding hydrogens is 338 g/mol. The van der Waals surface area contributed by atoms with Crippen molar-refractivity contribution in [1.82, 2.24) is 0 Å². The molecule has 0 atom stereocenters. The van der Waals surface area contributed by atoms with Crippen molar-refractivity contribution in [1.29, 1.82) is 0 Å². The topological polar surface area (TPSA) is 87.9 Å². The number of hydrogen-bond donors (Lipinski definition) is 0. The SMILES string of the molecule is COc1ccc(COC(=O)c2ccc([N+](=O)[O-])cc2Cl)cc1OC. The number of halogens is 1. The molecule has 0 heterocycles. The molecule has 126 valence electrons. The lowest BCUT2D eigenvalue weighted by Crippen LogP contribution is -2.06. The first-order valence-electron chi connectivity index (χ1n) is 6.78. The van der Waals surface area contributed by atoms with E-state index in [1.165, 1.54) is 26.4 Å². The number of methoxy groups -OCH3 is 2. The fourth-order valence-electron chi connectivity index (χ4n) is 1.98. The monoisotopic (exact) mass is 351 g/mol. The van der Waals surface area contributed by atoms with Crippen LogP contribution in [0.25, 0.3) is 0 Å². The van der Waals surface area contributed by atoms with E-state index in [4.69, 9.17) is 25.8 Å². The van der Waals surface area contributed by atoms with Gasteiger partial charge in [-0.2, -0.15) is 0 Å². The van der Waals surface area contributed by atoms with Crippen LogP contribution in [0.15, 0.2) is 36.4 Å². The van der Waals surface area contributed by atoms with Gasteiger partial charge in [-0.3, -0.25) is 10.1 Å². The number of esters is 1. The Morgan fingerprint density at radius 1 is 1.12 bits per heavy atom. The van der Waals surface area contributed by atoms with Crippen molar-refractivity contribution in [2.45, 2.75) is 6.61 Å². The lowest BCUT2D eigenvalue weighted by Gasteiger charge is -2.10. The predicted octanol–water partition coefficient (Wildman–Crippen LogP) is 3.62. The van der Waals surface area contributed by atoms with Crippen LogP contribution in [0.2, 0.25) is 5.02 Å². The molecule has 0 saturated heterocycles. The minimum Gasteiger partial charge on any atom is -0.493 e. The van der Waals surface area contributed by atoms with E-state index in [1.807, 2.05) is 0 Å². The Morgan fingerprint density at radius 3 is 2.42 bits per heavy atom. The van der Waals surface area contributed by atoms with E-state index < -0.39 is 10.9 Å². The van der Waals surface area contributed by atoms with Gasteiger partial charge in [0.05, 0.1) is 29.7 Å². The Hall–Kier alpha value is -2.80. The number of nitrogens with zero attached hydrogens (tertiary/aromatic N) is 1. The highest BCUT2D eigenvalue weighted by molar-refractivity contribution is 6.33. The predicted molar refractivity (Wildman–Crippen MR) is 86.8 cm³/mol. The molecule has 0 amide bonds. The van der Waals surface area contributed by atoms with Gasteiger partial charge < -0.3 is 14.2 Å². The lowest BCUT2D eigenvalue weighted by atomic mass is 10.2. The molecule has 0 spiro atoms. The van der Waals surface area contributed by atoms with E-state index in [0.29, 0.717) is 17.1 Å². The average molecular weight is 352 g/mol. The van der Waals surface area contributed by atoms with E-state index in [0.717, 1.165) is 6.07 Å². The Labute approximate surface area is 142 Å². The van der Waals surface area contributed by atoms with E-state index in [2.05, 4.69) is 0 Å². The molecule has 0 aromatic heterocycles. The zero-order valence-corrected chi connectivity index (χ0v) is 13.7. The van der Waals surface area contributed by atoms with Gasteiger partial charge in [0.25, 0.3) is 5.69 Å². The minimum absolute atomic E-state index is 0.00744. The number of carbonyl (C=O) groups excluding carboxylic acids is 1. The number of benzene rings is 2. The maximum Gasteiger partial charge on any atom is 0.339 e. The molecular formula is C16H14ClNO6. The van der Waals surface area contributed by atoms with Gasteiger partial charge in [-0.25, -0.2) is 4.79 Å². The van der Waals surface area contributed by atoms with Crippen molar-refractivity contribution < 1.29 is 23.9 Å². The highest BCUT2D eigenvalue weighted by Gasteiger charge is 2.16. The number of ether oxygens (including phenoxy) is 3. The van der Waals surface area contributed by atoms with Crippen molar-refractivity contribution in [3.05, 3.63) is 62.7 Å². The van der Waals surface area contributed by atoms with Crippen LogP contribution in [-0.4, -0.2) is 25.1 Å². The number of hydrogen-bond acceptors (Lipinski definition) is 6. The molecule has 0 aliphatic carbocycles. The molecule has 2 rings (SSSR count). The highest BCUT2D eigenvalue weighted by Crippen LogP contribution is 2.28. The largest absolute Gasteiger partial charge is 0.493 e. The molecule has 8 heteroatoms. The summed E-state index contributed by atoms with van der Waals surface area (Å²) in [5, 5.41) is 10.6. The van der Waals surface area contributed by atoms with Gasteiger partial charge >= 0.3 is 5.97 Å². The van der Waals surface area contributed by atoms with E-state index in [-0.39, 0.29) is 22.9 Å². The Bertz CT molecular complexity index is 777. The van der Waals surface area contributed by atoms with Crippen LogP contribution in [0.4, 0.5) is 5.69 Å². The second-order valence-electron chi connectivity index (χ2n) is 4.69. The smallest absolute Gasteiger partial charge is 0.339 e. The maximum atomic E-state index is 12.1. The van der Waals surface area contributed by atoms with Crippen LogP contribution in [0.1, 0.15) is 15.9 Å². The quantitative estimate of drug-likeness (QED) is 0.448. The Balaban J connectivity index is 2.09. The van der Waals surface area contributed by atoms with Crippen molar-refractivity contribution in [3.63, 3.8) is 0 Å². The molecule has 0 N–H and O–H groups in total. The zero-order valence-electron chi connectivity index (χ0n) is 12.9. The van der Waals surface area contributed by atoms with Gasteiger partial charge in [-0.05, 0) is 23.8 Å². The molecule has 0 bridgehead atoms. The number of rotatable bonds is 6. The first kappa shape index (κ1) is 17.6. The molecule has 0 radical (unpaired) electrons. The summed E-state index contributed by atoms with van der Waals surface area (Å²) in [7, 11) is 3.03. The number of nitro benzene ring substituents is 1. The molecule has 0 aliphatic heterocycles. The molecule has 2 aromatic rings. The van der Waals surface area contributed by atoms with Crippen molar-refractivity contribution in [3.8, 4) is 11.5 Å². The molecule has 0 aliphatic rings. The Kier molecular flexibility index (Phi) is 5.59. The average Bonchev–Trinajstić information content (AvgIpc) is 2.59. The summed E-state index contributed by atoms with van der Waals surface area (Å²) in [4.78, 5) is 22.1. The standard InChI is InChI=1S/C16H14ClNO6/c1-22-14-6-3-10(7-15(14)23-2)9-24-16(19)12-5-4-11(18(20)21)8-13(12)17/h3-8H,9H2,1-2H3. The molecule has 24 heavy (non-hydrogen) atoms. The summed E-state index contributed by atoms with van der Waals surface area (Å²) in [6.07, 6.45) is 0. The summed E-state index contributed by atoms with van der Waals surface area (Å²) in [5.74, 6) is 0.398. The van der Waals surface area contributed by atoms with E-state index in [1.54, 1.807) is 18.2 Å². The lowest BCUT2D eigenvalue weighted by molar-refractivity contribution is -0.384. The summed E-state index contributed by atoms with van der Waals surface area (Å²) in [6, 6.07) is 8.67. The van der Waals surface area contributed by atoms with Crippen LogP contribution in [0, 0.1) is 10.1 Å². The third-order valence-corrected chi connectivity index (χ3v) is 3.51. The van der Waals surface area contributed by atoms with E-state index >= 15 is 0 Å². The van der Waals surface area contributed by atoms with Crippen molar-refractivity contribution >= 4 is 23.3 Å². The van der Waals surface area contributed by atoms with Crippen LogP contribution in [-0.2, 0) is 11.3 Å². The third-order valence-electron chi connectivity index (χ3n) is 3.20. The second-order valence-corrected chi connectivity index (χ2v) is 5.09. The highest BCUT2D eigenvalue weighted by atomic mass is 35.5. The second kappa shape index (κ2) is 7.65. The van der Waals surface area contributed by atoms with Crippen molar-refractivity contribution in [2.75, 3.05) is 14.2 Å². The van der Waals surface area contributed by atoms with Gasteiger partial charge in [0.1, 0.15) is 6.61 Å². The van der Waals surface area contributed by atoms with Crippen LogP contribution in [0.5, 0.6) is 11.5 Å². The van der Waals surface area contributed by atoms with Gasteiger partial charge in [0.15, 0.2) is 11.5 Å². The van der Waals surface area contributed by atoms with Gasteiger partial charge in [-0.1, -0.05) is 17.7 Å². The molecule has 7 nitrogen and oxygen atoms in total. The zero-order chi connectivity index (χ0) is 17.7. The fourth-order valence-corrected chi connectivity index (χ4v) is 2.23. The molecule has 0 saturated carbocycles. The van der Waals surface area contributed by atoms with Crippen LogP contribution < -0.4 is 9.47 Å². The fraction of sp³-hybridized carbons (Fsp3) is 0.188. The number of carbonyl (C=O) groups is 1. The Morgan fingerprint density at radius 2 is 1.83 bits per heavy atom. The van der Waals surface area contributed by atoms with Gasteiger partial charge in [-0.15, -0.1) is 0 Å². The third kappa shape index (κ3) is 3.94. The number of nitro groups is 1. The summed E-state index contributed by atoms with van der Waals surface area (Å²) >= 11 is 5.90. The minimum atomic E-state index is -0.676.